The summed E-state index contributed by atoms with van der Waals surface area (Å²) in [5.41, 5.74) is 2.78. The number of hydrogen-bond acceptors (Lipinski definition) is 5. The van der Waals surface area contributed by atoms with Gasteiger partial charge in [0, 0.05) is 24.6 Å². The summed E-state index contributed by atoms with van der Waals surface area (Å²) in [4.78, 5) is 31.3. The summed E-state index contributed by atoms with van der Waals surface area (Å²) in [6, 6.07) is 0. The van der Waals surface area contributed by atoms with Gasteiger partial charge in [0.25, 0.3) is 0 Å². The molecule has 0 aromatic heterocycles. The number of carbonyl (C=O) groups excluding carboxylic acids is 2. The fourth-order valence-electron chi connectivity index (χ4n) is 11.0. The van der Waals surface area contributed by atoms with Gasteiger partial charge in [-0.3, -0.25) is 14.6 Å². The number of esters is 1. The van der Waals surface area contributed by atoms with Crippen molar-refractivity contribution in [2.24, 2.45) is 62.2 Å². The molecule has 1 N–H and O–H groups in total. The number of aliphatic hydroxyl groups is 1. The number of ketones is 1. The number of Topliss-reactive ketones (excluding diaryl/α,β-unsaturated/α-hetero) is 1. The number of allylic oxidation sites excluding steroid dienone is 2. The number of fused-ring (bicyclic) bond motifs is 5. The summed E-state index contributed by atoms with van der Waals surface area (Å²) in [6.45, 7) is 26.2. The molecule has 5 nitrogen and oxygen atoms in total. The second-order valence-corrected chi connectivity index (χ2v) is 17.6. The van der Waals surface area contributed by atoms with E-state index in [0.29, 0.717) is 36.5 Å². The molecule has 3 fully saturated rings. The Hall–Kier alpha value is -1.75. The van der Waals surface area contributed by atoms with E-state index in [1.165, 1.54) is 18.4 Å². The van der Waals surface area contributed by atoms with Crippen molar-refractivity contribution in [3.8, 4) is 0 Å². The van der Waals surface area contributed by atoms with Crippen LogP contribution in [0.2, 0.25) is 0 Å². The van der Waals surface area contributed by atoms with Crippen LogP contribution < -0.4 is 0 Å². The number of nitrogens with zero attached hydrogens (tertiary/aromatic N) is 1. The fraction of sp³-hybridized carbons (Fsp3) is 0.829. The summed E-state index contributed by atoms with van der Waals surface area (Å²) >= 11 is 0. The number of aliphatic imine (C=N–C) groups is 1. The molecule has 0 heterocycles. The van der Waals surface area contributed by atoms with Crippen molar-refractivity contribution in [2.45, 2.75) is 152 Å². The monoisotopic (exact) mass is 638 g/mol. The summed E-state index contributed by atoms with van der Waals surface area (Å²) in [7, 11) is 1.82. The predicted octanol–water partition coefficient (Wildman–Crippen LogP) is 9.57. The first-order valence-electron chi connectivity index (χ1n) is 18.7. The number of carbonyl (C=O) groups is 2. The van der Waals surface area contributed by atoms with Gasteiger partial charge in [0.15, 0.2) is 5.78 Å². The Kier molecular flexibility index (Phi) is 11.0. The molecule has 4 aliphatic rings. The molecular formula is C41H67NO4. The maximum atomic E-state index is 13.9. The van der Waals surface area contributed by atoms with E-state index in [1.807, 2.05) is 27.0 Å². The largest absolute Gasteiger partial charge is 0.463 e. The lowest BCUT2D eigenvalue weighted by Crippen LogP contribution is -2.58. The summed E-state index contributed by atoms with van der Waals surface area (Å²) in [5.74, 6) is 2.51. The Morgan fingerprint density at radius 3 is 2.39 bits per heavy atom. The van der Waals surface area contributed by atoms with Gasteiger partial charge < -0.3 is 9.84 Å². The van der Waals surface area contributed by atoms with E-state index in [0.717, 1.165) is 56.2 Å². The highest BCUT2D eigenvalue weighted by Gasteiger charge is 2.64. The van der Waals surface area contributed by atoms with Gasteiger partial charge in [-0.2, -0.15) is 0 Å². The first-order chi connectivity index (χ1) is 21.4. The molecule has 10 atom stereocenters. The van der Waals surface area contributed by atoms with Crippen molar-refractivity contribution in [1.29, 1.82) is 0 Å². The standard InChI is InChI=1S/C41H67NO4/c1-13-26(5)36(42-12)37(45)41-22-19-30-29(35(41)34(25(3)4)31(43)23-41)15-16-32-39(10,27(6)17-20-40(30,32)11)21-18-28(7)46-33(44)24-38(8,9)14-2/h14,25-30,32,37,45H,2,13,15-24H2,1,3-12H3. The predicted molar refractivity (Wildman–Crippen MR) is 190 cm³/mol. The summed E-state index contributed by atoms with van der Waals surface area (Å²) in [5, 5.41) is 12.2. The molecule has 0 amide bonds. The first-order valence-corrected chi connectivity index (χ1v) is 18.7. The van der Waals surface area contributed by atoms with Crippen LogP contribution in [0.3, 0.4) is 0 Å². The Morgan fingerprint density at radius 1 is 1.13 bits per heavy atom. The van der Waals surface area contributed by atoms with Gasteiger partial charge in [0.05, 0.1) is 12.5 Å². The lowest BCUT2D eigenvalue weighted by Gasteiger charge is -2.65. The highest BCUT2D eigenvalue weighted by molar-refractivity contribution is 6.02. The van der Waals surface area contributed by atoms with Crippen LogP contribution in [0.25, 0.3) is 0 Å². The van der Waals surface area contributed by atoms with Crippen molar-refractivity contribution < 1.29 is 19.4 Å². The zero-order valence-electron chi connectivity index (χ0n) is 31.3. The molecule has 0 bridgehead atoms. The first kappa shape index (κ1) is 37.1. The topological polar surface area (TPSA) is 76.0 Å². The van der Waals surface area contributed by atoms with Crippen molar-refractivity contribution in [3.05, 3.63) is 23.8 Å². The molecule has 3 saturated carbocycles. The molecule has 0 spiro atoms. The molecule has 4 aliphatic carbocycles. The van der Waals surface area contributed by atoms with E-state index in [9.17, 15) is 14.7 Å². The Balaban J connectivity index is 1.63. The van der Waals surface area contributed by atoms with Crippen LogP contribution in [0, 0.1) is 57.2 Å². The Morgan fingerprint density at radius 2 is 1.80 bits per heavy atom. The normalized spacial score (nSPS) is 36.9. The van der Waals surface area contributed by atoms with Crippen LogP contribution in [0.5, 0.6) is 0 Å². The van der Waals surface area contributed by atoms with Gasteiger partial charge in [0.2, 0.25) is 0 Å². The van der Waals surface area contributed by atoms with E-state index >= 15 is 0 Å². The molecule has 260 valence electrons. The zero-order valence-corrected chi connectivity index (χ0v) is 31.3. The third-order valence-electron chi connectivity index (χ3n) is 14.1. The van der Waals surface area contributed by atoms with Gasteiger partial charge in [0.1, 0.15) is 6.10 Å². The Bertz CT molecular complexity index is 1230. The minimum atomic E-state index is -0.702. The van der Waals surface area contributed by atoms with Crippen LogP contribution in [0.1, 0.15) is 140 Å². The average molecular weight is 638 g/mol. The van der Waals surface area contributed by atoms with E-state index in [2.05, 4.69) is 67.0 Å². The minimum Gasteiger partial charge on any atom is -0.463 e. The molecule has 4 rings (SSSR count). The highest BCUT2D eigenvalue weighted by Crippen LogP contribution is 2.70. The van der Waals surface area contributed by atoms with E-state index in [-0.39, 0.29) is 45.9 Å². The van der Waals surface area contributed by atoms with Crippen molar-refractivity contribution in [1.82, 2.24) is 0 Å². The molecule has 0 aliphatic heterocycles. The van der Waals surface area contributed by atoms with Crippen LogP contribution in [0.15, 0.2) is 28.8 Å². The molecule has 0 aromatic rings. The quantitative estimate of drug-likeness (QED) is 0.131. The molecule has 10 unspecified atom stereocenters. The van der Waals surface area contributed by atoms with Crippen molar-refractivity contribution in [3.63, 3.8) is 0 Å². The number of rotatable bonds is 12. The van der Waals surface area contributed by atoms with E-state index < -0.39 is 11.5 Å². The van der Waals surface area contributed by atoms with Crippen LogP contribution in [-0.2, 0) is 14.3 Å². The number of hydrogen-bond donors (Lipinski definition) is 1. The third kappa shape index (κ3) is 6.37. The van der Waals surface area contributed by atoms with Gasteiger partial charge in [-0.05, 0) is 122 Å². The molecule has 46 heavy (non-hydrogen) atoms. The van der Waals surface area contributed by atoms with E-state index in [1.54, 1.807) is 0 Å². The fourth-order valence-corrected chi connectivity index (χ4v) is 11.0. The van der Waals surface area contributed by atoms with Crippen LogP contribution in [0.4, 0.5) is 0 Å². The maximum Gasteiger partial charge on any atom is 0.306 e. The molecule has 0 radical (unpaired) electrons. The minimum absolute atomic E-state index is 0.110. The lowest BCUT2D eigenvalue weighted by atomic mass is 9.40. The second kappa shape index (κ2) is 13.6. The van der Waals surface area contributed by atoms with Crippen LogP contribution >= 0.6 is 0 Å². The van der Waals surface area contributed by atoms with E-state index in [4.69, 9.17) is 4.74 Å². The van der Waals surface area contributed by atoms with Crippen molar-refractivity contribution >= 4 is 17.5 Å². The molecule has 0 saturated heterocycles. The summed E-state index contributed by atoms with van der Waals surface area (Å²) < 4.78 is 5.93. The SMILES string of the molecule is C=CC(C)(C)CC(=O)OC(C)CCC1(C)C(C)CCC2(C)C3CCC4(C(O)C(=NC)C(C)CC)CC(=O)C(C(C)C)=C4C3CCC12. The van der Waals surface area contributed by atoms with Crippen LogP contribution in [-0.4, -0.2) is 41.8 Å². The van der Waals surface area contributed by atoms with Gasteiger partial charge >= 0.3 is 5.97 Å². The average Bonchev–Trinajstić information content (AvgIpc) is 3.31. The number of aliphatic hydroxyl groups excluding tert-OH is 1. The van der Waals surface area contributed by atoms with Gasteiger partial charge in [-0.15, -0.1) is 6.58 Å². The molecule has 0 aromatic carbocycles. The second-order valence-electron chi connectivity index (χ2n) is 17.6. The highest BCUT2D eigenvalue weighted by atomic mass is 16.5. The lowest BCUT2D eigenvalue weighted by molar-refractivity contribution is -0.155. The molecular weight excluding hydrogens is 570 g/mol. The van der Waals surface area contributed by atoms with Gasteiger partial charge in [-0.25, -0.2) is 0 Å². The Labute approximate surface area is 281 Å². The third-order valence-corrected chi connectivity index (χ3v) is 14.1. The molecule has 5 heteroatoms. The zero-order chi connectivity index (χ0) is 34.4. The number of ether oxygens (including phenoxy) is 1. The summed E-state index contributed by atoms with van der Waals surface area (Å²) in [6.07, 6.45) is 11.3. The maximum absolute atomic E-state index is 13.9. The smallest absolute Gasteiger partial charge is 0.306 e. The van der Waals surface area contributed by atoms with Gasteiger partial charge in [-0.1, -0.05) is 74.0 Å². The van der Waals surface area contributed by atoms with Crippen molar-refractivity contribution in [2.75, 3.05) is 7.05 Å².